The molecule has 60 heavy (non-hydrogen) atoms. The Hall–Kier alpha value is -8.22. The van der Waals surface area contributed by atoms with Crippen LogP contribution in [0.1, 0.15) is 0 Å². The first kappa shape index (κ1) is 36.1. The van der Waals surface area contributed by atoms with Crippen molar-refractivity contribution in [1.82, 2.24) is 29.9 Å². The Bertz CT molecular complexity index is 2910. The van der Waals surface area contributed by atoms with Gasteiger partial charge in [-0.15, -0.1) is 0 Å². The van der Waals surface area contributed by atoms with Gasteiger partial charge in [-0.25, -0.2) is 29.9 Å². The number of hydrogen-bond donors (Lipinski definition) is 0. The summed E-state index contributed by atoms with van der Waals surface area (Å²) in [6.07, 6.45) is 15.8. The second-order valence-corrected chi connectivity index (χ2v) is 14.7. The average Bonchev–Trinajstić information content (AvgIpc) is 3.35. The van der Waals surface area contributed by atoms with Gasteiger partial charge in [0.15, 0.2) is 0 Å². The van der Waals surface area contributed by atoms with Crippen LogP contribution in [0.2, 0.25) is 0 Å². The summed E-state index contributed by atoms with van der Waals surface area (Å²) in [5, 5.41) is 0. The molecule has 0 amide bonds. The van der Waals surface area contributed by atoms with E-state index in [4.69, 9.17) is 0 Å². The molecule has 0 fully saturated rings. The molecule has 3 aromatic heterocycles. The molecule has 0 bridgehead atoms. The van der Waals surface area contributed by atoms with Crippen molar-refractivity contribution in [2.24, 2.45) is 0 Å². The average molecular weight is 769 g/mol. The second kappa shape index (κ2) is 16.3. The first-order valence-electron chi connectivity index (χ1n) is 19.7. The van der Waals surface area contributed by atoms with Crippen molar-refractivity contribution in [3.63, 3.8) is 0 Å². The quantitative estimate of drug-likeness (QED) is 0.145. The highest BCUT2D eigenvalue weighted by Crippen LogP contribution is 2.37. The molecule has 0 aliphatic rings. The summed E-state index contributed by atoms with van der Waals surface area (Å²) in [6, 6.07) is 58.8. The summed E-state index contributed by atoms with van der Waals surface area (Å²) in [5.74, 6) is 0. The van der Waals surface area contributed by atoms with Crippen LogP contribution in [0.25, 0.3) is 100 Å². The number of rotatable bonds is 9. The molecule has 0 radical (unpaired) electrons. The Balaban J connectivity index is 0.997. The normalized spacial score (nSPS) is 11.0. The van der Waals surface area contributed by atoms with Crippen LogP contribution in [0.15, 0.2) is 220 Å². The lowest BCUT2D eigenvalue weighted by Gasteiger charge is -2.14. The van der Waals surface area contributed by atoms with E-state index in [-0.39, 0.29) is 0 Å². The zero-order valence-corrected chi connectivity index (χ0v) is 32.5. The Morgan fingerprint density at radius 1 is 0.167 bits per heavy atom. The smallest absolute Gasteiger partial charge is 0.115 e. The summed E-state index contributed by atoms with van der Waals surface area (Å²) in [7, 11) is 0. The Labute approximate surface area is 348 Å². The van der Waals surface area contributed by atoms with Crippen LogP contribution in [-0.2, 0) is 0 Å². The standard InChI is InChI=1S/C54H36N6/c1-7-37(19-39(9-1)43-13-5-17-47(23-43)52-28-55-34-56-29-52)41-11-3-15-45(21-41)49-25-50(27-51(26-49)54-32-59-36-60-33-54)46-16-4-12-42(22-46)38-8-2-10-40(20-38)44-14-6-18-48(24-44)53-30-57-35-58-31-53/h1-36H. The van der Waals surface area contributed by atoms with Gasteiger partial charge in [0, 0.05) is 53.9 Å². The molecule has 0 atom stereocenters. The Morgan fingerprint density at radius 2 is 0.317 bits per heavy atom. The number of benzene rings is 7. The number of hydrogen-bond acceptors (Lipinski definition) is 6. The van der Waals surface area contributed by atoms with Crippen LogP contribution in [0.5, 0.6) is 0 Å². The van der Waals surface area contributed by atoms with Crippen molar-refractivity contribution in [3.8, 4) is 100 Å². The van der Waals surface area contributed by atoms with Gasteiger partial charge in [0.25, 0.3) is 0 Å². The summed E-state index contributed by atoms with van der Waals surface area (Å²) in [5.41, 5.74) is 19.8. The van der Waals surface area contributed by atoms with E-state index >= 15 is 0 Å². The third kappa shape index (κ3) is 7.73. The molecule has 0 saturated heterocycles. The topological polar surface area (TPSA) is 77.3 Å². The maximum Gasteiger partial charge on any atom is 0.115 e. The zero-order chi connectivity index (χ0) is 40.1. The fraction of sp³-hybridized carbons (Fsp3) is 0. The molecule has 0 saturated carbocycles. The van der Waals surface area contributed by atoms with Gasteiger partial charge in [-0.1, -0.05) is 109 Å². The summed E-state index contributed by atoms with van der Waals surface area (Å²) < 4.78 is 0. The molecule has 0 aliphatic carbocycles. The third-order valence-corrected chi connectivity index (χ3v) is 10.8. The molecular weight excluding hydrogens is 733 g/mol. The third-order valence-electron chi connectivity index (χ3n) is 10.8. The molecule has 0 aliphatic heterocycles. The van der Waals surface area contributed by atoms with Gasteiger partial charge in [-0.3, -0.25) is 0 Å². The molecule has 0 unspecified atom stereocenters. The highest BCUT2D eigenvalue weighted by molar-refractivity contribution is 5.85. The maximum atomic E-state index is 4.36. The van der Waals surface area contributed by atoms with Crippen LogP contribution < -0.4 is 0 Å². The molecule has 3 heterocycles. The lowest BCUT2D eigenvalue weighted by molar-refractivity contribution is 1.17. The van der Waals surface area contributed by atoms with Gasteiger partial charge in [0.05, 0.1) is 0 Å². The number of nitrogens with zero attached hydrogens (tertiary/aromatic N) is 6. The Kier molecular flexibility index (Phi) is 9.84. The molecular formula is C54H36N6. The van der Waals surface area contributed by atoms with E-state index in [0.29, 0.717) is 0 Å². The van der Waals surface area contributed by atoms with Crippen LogP contribution in [-0.4, -0.2) is 29.9 Å². The van der Waals surface area contributed by atoms with Crippen molar-refractivity contribution in [1.29, 1.82) is 0 Å². The van der Waals surface area contributed by atoms with Crippen LogP contribution in [0, 0.1) is 0 Å². The van der Waals surface area contributed by atoms with Crippen molar-refractivity contribution >= 4 is 0 Å². The fourth-order valence-corrected chi connectivity index (χ4v) is 7.74. The summed E-state index contributed by atoms with van der Waals surface area (Å²) in [6.45, 7) is 0. The van der Waals surface area contributed by atoms with Gasteiger partial charge < -0.3 is 0 Å². The molecule has 7 aromatic carbocycles. The van der Waals surface area contributed by atoms with Crippen LogP contribution in [0.3, 0.4) is 0 Å². The van der Waals surface area contributed by atoms with Gasteiger partial charge >= 0.3 is 0 Å². The van der Waals surface area contributed by atoms with E-state index in [1.54, 1.807) is 19.0 Å². The highest BCUT2D eigenvalue weighted by atomic mass is 14.8. The minimum Gasteiger partial charge on any atom is -0.244 e. The monoisotopic (exact) mass is 768 g/mol. The van der Waals surface area contributed by atoms with Gasteiger partial charge in [0.2, 0.25) is 0 Å². The molecule has 10 rings (SSSR count). The molecule has 6 nitrogen and oxygen atoms in total. The van der Waals surface area contributed by atoms with E-state index in [2.05, 4.69) is 194 Å². The van der Waals surface area contributed by atoms with E-state index in [1.165, 1.54) is 0 Å². The first-order valence-corrected chi connectivity index (χ1v) is 19.7. The van der Waals surface area contributed by atoms with Crippen molar-refractivity contribution in [2.75, 3.05) is 0 Å². The van der Waals surface area contributed by atoms with Crippen LogP contribution >= 0.6 is 0 Å². The lowest BCUT2D eigenvalue weighted by atomic mass is 9.91. The van der Waals surface area contributed by atoms with Crippen molar-refractivity contribution in [3.05, 3.63) is 220 Å². The largest absolute Gasteiger partial charge is 0.244 e. The fourth-order valence-electron chi connectivity index (χ4n) is 7.74. The summed E-state index contributed by atoms with van der Waals surface area (Å²) >= 11 is 0. The zero-order valence-electron chi connectivity index (χ0n) is 32.5. The lowest BCUT2D eigenvalue weighted by Crippen LogP contribution is -1.89. The van der Waals surface area contributed by atoms with Crippen LogP contribution in [0.4, 0.5) is 0 Å². The first-order chi connectivity index (χ1) is 29.7. The summed E-state index contributed by atoms with van der Waals surface area (Å²) in [4.78, 5) is 25.6. The van der Waals surface area contributed by atoms with Crippen molar-refractivity contribution < 1.29 is 0 Å². The van der Waals surface area contributed by atoms with E-state index in [0.717, 1.165) is 100 Å². The van der Waals surface area contributed by atoms with E-state index in [9.17, 15) is 0 Å². The molecule has 6 heteroatoms. The van der Waals surface area contributed by atoms with Gasteiger partial charge in [-0.2, -0.15) is 0 Å². The minimum absolute atomic E-state index is 0.960. The highest BCUT2D eigenvalue weighted by Gasteiger charge is 2.12. The molecule has 0 N–H and O–H groups in total. The maximum absolute atomic E-state index is 4.36. The molecule has 0 spiro atoms. The van der Waals surface area contributed by atoms with E-state index < -0.39 is 0 Å². The predicted octanol–water partition coefficient (Wildman–Crippen LogP) is 13.1. The number of aromatic nitrogens is 6. The Morgan fingerprint density at radius 3 is 0.550 bits per heavy atom. The van der Waals surface area contributed by atoms with Crippen molar-refractivity contribution in [2.45, 2.75) is 0 Å². The molecule has 282 valence electrons. The predicted molar refractivity (Wildman–Crippen MR) is 242 cm³/mol. The second-order valence-electron chi connectivity index (χ2n) is 14.7. The van der Waals surface area contributed by atoms with Gasteiger partial charge in [0.1, 0.15) is 19.0 Å². The van der Waals surface area contributed by atoms with Gasteiger partial charge in [-0.05, 0) is 138 Å². The minimum atomic E-state index is 0.960. The SMILES string of the molecule is c1cc(-c2cncnc2)cc(-c2cccc(-c3cccc(-c4cc(-c5cncnc5)cc(-c5cccc(-c6cccc(-c7cccc(-c8cncnc8)c7)c6)c5)c4)c3)c2)c1. The molecule has 10 aromatic rings. The van der Waals surface area contributed by atoms with E-state index in [1.807, 2.05) is 37.2 Å².